The molecule has 0 saturated heterocycles. The van der Waals surface area contributed by atoms with Gasteiger partial charge in [-0.3, -0.25) is 4.79 Å². The molecule has 0 atom stereocenters. The summed E-state index contributed by atoms with van der Waals surface area (Å²) in [6.07, 6.45) is 0. The SMILES string of the molecule is COc1ccc(C(=O)c2cc3ccccc3oc2=O)cc1. The molecular formula is C17H12O4. The topological polar surface area (TPSA) is 56.5 Å². The smallest absolute Gasteiger partial charge is 0.347 e. The Morgan fingerprint density at radius 3 is 2.48 bits per heavy atom. The van der Waals surface area contributed by atoms with Gasteiger partial charge in [0.25, 0.3) is 0 Å². The number of benzene rings is 2. The molecule has 0 spiro atoms. The molecule has 0 amide bonds. The second-order valence-corrected chi connectivity index (χ2v) is 4.54. The van der Waals surface area contributed by atoms with Crippen molar-refractivity contribution < 1.29 is 13.9 Å². The maximum absolute atomic E-state index is 12.4. The molecule has 0 aliphatic rings. The fraction of sp³-hybridized carbons (Fsp3) is 0.0588. The van der Waals surface area contributed by atoms with E-state index in [9.17, 15) is 9.59 Å². The van der Waals surface area contributed by atoms with E-state index in [1.54, 1.807) is 55.6 Å². The van der Waals surface area contributed by atoms with E-state index in [1.807, 2.05) is 6.07 Å². The second-order valence-electron chi connectivity index (χ2n) is 4.54. The summed E-state index contributed by atoms with van der Waals surface area (Å²) in [5.41, 5.74) is 0.278. The van der Waals surface area contributed by atoms with Crippen LogP contribution >= 0.6 is 0 Å². The highest BCUT2D eigenvalue weighted by Crippen LogP contribution is 2.17. The van der Waals surface area contributed by atoms with E-state index in [0.717, 1.165) is 0 Å². The highest BCUT2D eigenvalue weighted by Gasteiger charge is 2.15. The van der Waals surface area contributed by atoms with E-state index in [-0.39, 0.29) is 11.3 Å². The Morgan fingerprint density at radius 2 is 1.76 bits per heavy atom. The molecule has 0 fully saturated rings. The Morgan fingerprint density at radius 1 is 1.05 bits per heavy atom. The summed E-state index contributed by atoms with van der Waals surface area (Å²) in [5.74, 6) is 0.286. The summed E-state index contributed by atoms with van der Waals surface area (Å²) < 4.78 is 10.2. The number of hydrogen-bond acceptors (Lipinski definition) is 4. The van der Waals surface area contributed by atoms with Gasteiger partial charge in [0.1, 0.15) is 16.9 Å². The Hall–Kier alpha value is -2.88. The average molecular weight is 280 g/mol. The molecule has 0 aliphatic heterocycles. The van der Waals surface area contributed by atoms with Crippen LogP contribution in [0.15, 0.2) is 63.8 Å². The lowest BCUT2D eigenvalue weighted by Crippen LogP contribution is -2.14. The summed E-state index contributed by atoms with van der Waals surface area (Å²) in [7, 11) is 1.55. The number of para-hydroxylation sites is 1. The minimum Gasteiger partial charge on any atom is -0.497 e. The van der Waals surface area contributed by atoms with Crippen LogP contribution in [-0.2, 0) is 0 Å². The van der Waals surface area contributed by atoms with Crippen molar-refractivity contribution in [3.63, 3.8) is 0 Å². The average Bonchev–Trinajstić information content (AvgIpc) is 2.53. The summed E-state index contributed by atoms with van der Waals surface area (Å²) in [5, 5.41) is 0.717. The number of fused-ring (bicyclic) bond motifs is 1. The van der Waals surface area contributed by atoms with Crippen molar-refractivity contribution in [3.8, 4) is 5.75 Å². The molecule has 2 aromatic carbocycles. The molecule has 21 heavy (non-hydrogen) atoms. The third-order valence-electron chi connectivity index (χ3n) is 3.24. The first-order chi connectivity index (χ1) is 10.2. The lowest BCUT2D eigenvalue weighted by Gasteiger charge is -2.03. The number of hydrogen-bond donors (Lipinski definition) is 0. The van der Waals surface area contributed by atoms with Gasteiger partial charge in [-0.2, -0.15) is 0 Å². The third-order valence-corrected chi connectivity index (χ3v) is 3.24. The Labute approximate surface area is 120 Å². The van der Waals surface area contributed by atoms with Crippen molar-refractivity contribution in [2.24, 2.45) is 0 Å². The number of ether oxygens (including phenoxy) is 1. The third kappa shape index (κ3) is 2.43. The lowest BCUT2D eigenvalue weighted by atomic mass is 10.0. The normalized spacial score (nSPS) is 10.5. The Bertz CT molecular complexity index is 860. The van der Waals surface area contributed by atoms with Gasteiger partial charge in [0.2, 0.25) is 0 Å². The fourth-order valence-electron chi connectivity index (χ4n) is 2.12. The predicted octanol–water partition coefficient (Wildman–Crippen LogP) is 3.03. The van der Waals surface area contributed by atoms with Crippen molar-refractivity contribution in [1.29, 1.82) is 0 Å². The van der Waals surface area contributed by atoms with Gasteiger partial charge in [0.15, 0.2) is 5.78 Å². The van der Waals surface area contributed by atoms with Crippen LogP contribution in [-0.4, -0.2) is 12.9 Å². The molecule has 104 valence electrons. The zero-order chi connectivity index (χ0) is 14.8. The molecule has 0 radical (unpaired) electrons. The summed E-state index contributed by atoms with van der Waals surface area (Å²) in [6, 6.07) is 15.2. The number of ketones is 1. The van der Waals surface area contributed by atoms with Gasteiger partial charge in [-0.1, -0.05) is 18.2 Å². The maximum atomic E-state index is 12.4. The molecule has 4 nitrogen and oxygen atoms in total. The number of rotatable bonds is 3. The van der Waals surface area contributed by atoms with Gasteiger partial charge in [-0.05, 0) is 36.4 Å². The van der Waals surface area contributed by atoms with Crippen LogP contribution < -0.4 is 10.4 Å². The molecule has 0 N–H and O–H groups in total. The van der Waals surface area contributed by atoms with Crippen molar-refractivity contribution in [1.82, 2.24) is 0 Å². The molecular weight excluding hydrogens is 268 g/mol. The van der Waals surface area contributed by atoms with Gasteiger partial charge in [-0.25, -0.2) is 4.79 Å². The van der Waals surface area contributed by atoms with Crippen LogP contribution in [0.4, 0.5) is 0 Å². The van der Waals surface area contributed by atoms with Gasteiger partial charge in [0.05, 0.1) is 7.11 Å². The van der Waals surface area contributed by atoms with Gasteiger partial charge in [-0.15, -0.1) is 0 Å². The van der Waals surface area contributed by atoms with Crippen LogP contribution in [0.2, 0.25) is 0 Å². The van der Waals surface area contributed by atoms with Crippen molar-refractivity contribution >= 4 is 16.8 Å². The molecule has 1 aromatic heterocycles. The van der Waals surface area contributed by atoms with E-state index >= 15 is 0 Å². The summed E-state index contributed by atoms with van der Waals surface area (Å²) in [6.45, 7) is 0. The number of carbonyl (C=O) groups excluding carboxylic acids is 1. The van der Waals surface area contributed by atoms with E-state index in [0.29, 0.717) is 22.3 Å². The van der Waals surface area contributed by atoms with Crippen LogP contribution in [0, 0.1) is 0 Å². The van der Waals surface area contributed by atoms with Crippen molar-refractivity contribution in [3.05, 3.63) is 76.1 Å². The lowest BCUT2D eigenvalue weighted by molar-refractivity contribution is 0.103. The molecule has 0 bridgehead atoms. The fourth-order valence-corrected chi connectivity index (χ4v) is 2.12. The highest BCUT2D eigenvalue weighted by atomic mass is 16.5. The zero-order valence-corrected chi connectivity index (χ0v) is 11.3. The monoisotopic (exact) mass is 280 g/mol. The summed E-state index contributed by atoms with van der Waals surface area (Å²) >= 11 is 0. The van der Waals surface area contributed by atoms with Crippen LogP contribution in [0.1, 0.15) is 15.9 Å². The second kappa shape index (κ2) is 5.25. The predicted molar refractivity (Wildman–Crippen MR) is 78.9 cm³/mol. The first-order valence-electron chi connectivity index (χ1n) is 6.40. The van der Waals surface area contributed by atoms with Gasteiger partial charge >= 0.3 is 5.63 Å². The Balaban J connectivity index is 2.08. The molecule has 3 rings (SSSR count). The Kier molecular flexibility index (Phi) is 3.28. The van der Waals surface area contributed by atoms with Gasteiger partial charge < -0.3 is 9.15 Å². The largest absolute Gasteiger partial charge is 0.497 e. The quantitative estimate of drug-likeness (QED) is 0.546. The van der Waals surface area contributed by atoms with Gasteiger partial charge in [0, 0.05) is 10.9 Å². The summed E-state index contributed by atoms with van der Waals surface area (Å²) in [4.78, 5) is 24.4. The number of methoxy groups -OCH3 is 1. The van der Waals surface area contributed by atoms with E-state index in [1.165, 1.54) is 0 Å². The zero-order valence-electron chi connectivity index (χ0n) is 11.3. The first-order valence-corrected chi connectivity index (χ1v) is 6.40. The van der Waals surface area contributed by atoms with Crippen LogP contribution in [0.5, 0.6) is 5.75 Å². The van der Waals surface area contributed by atoms with E-state index in [4.69, 9.17) is 9.15 Å². The molecule has 1 heterocycles. The standard InChI is InChI=1S/C17H12O4/c1-20-13-8-6-11(7-9-13)16(18)14-10-12-4-2-3-5-15(12)21-17(14)19/h2-10H,1H3. The van der Waals surface area contributed by atoms with Crippen molar-refractivity contribution in [2.45, 2.75) is 0 Å². The maximum Gasteiger partial charge on any atom is 0.347 e. The van der Waals surface area contributed by atoms with E-state index in [2.05, 4.69) is 0 Å². The van der Waals surface area contributed by atoms with Crippen LogP contribution in [0.3, 0.4) is 0 Å². The van der Waals surface area contributed by atoms with Crippen LogP contribution in [0.25, 0.3) is 11.0 Å². The molecule has 3 aromatic rings. The first kappa shape index (κ1) is 13.1. The molecule has 0 saturated carbocycles. The molecule has 0 aliphatic carbocycles. The van der Waals surface area contributed by atoms with E-state index < -0.39 is 5.63 Å². The highest BCUT2D eigenvalue weighted by molar-refractivity contribution is 6.09. The number of carbonyl (C=O) groups is 1. The molecule has 0 unspecified atom stereocenters. The molecule has 4 heteroatoms. The van der Waals surface area contributed by atoms with Crippen molar-refractivity contribution in [2.75, 3.05) is 7.11 Å². The minimum absolute atomic E-state index is 0.0267. The minimum atomic E-state index is -0.630.